The zero-order valence-electron chi connectivity index (χ0n) is 8.21. The first-order chi connectivity index (χ1) is 5.77. The van der Waals surface area contributed by atoms with Gasteiger partial charge < -0.3 is 9.47 Å². The molecule has 0 aromatic carbocycles. The van der Waals surface area contributed by atoms with Crippen LogP contribution in [0.25, 0.3) is 0 Å². The number of ether oxygens (including phenoxy) is 2. The molecule has 0 atom stereocenters. The van der Waals surface area contributed by atoms with Crippen LogP contribution in [0.5, 0.6) is 0 Å². The number of hydrogen-bond acceptors (Lipinski definition) is 2. The molecule has 0 radical (unpaired) electrons. The molecule has 0 aromatic heterocycles. The molecule has 12 heavy (non-hydrogen) atoms. The lowest BCUT2D eigenvalue weighted by Gasteiger charge is -2.06. The Morgan fingerprint density at radius 3 is 2.50 bits per heavy atom. The largest absolute Gasteiger partial charge is 0.379 e. The van der Waals surface area contributed by atoms with E-state index in [1.54, 1.807) is 6.08 Å². The van der Waals surface area contributed by atoms with Gasteiger partial charge in [-0.2, -0.15) is 0 Å². The van der Waals surface area contributed by atoms with Crippen molar-refractivity contribution in [3.63, 3.8) is 0 Å². The summed E-state index contributed by atoms with van der Waals surface area (Å²) in [6.07, 6.45) is 4.26. The van der Waals surface area contributed by atoms with Crippen LogP contribution in [0.3, 0.4) is 0 Å². The summed E-state index contributed by atoms with van der Waals surface area (Å²) in [6.45, 7) is 9.98. The van der Waals surface area contributed by atoms with Crippen molar-refractivity contribution in [1.82, 2.24) is 0 Å². The molecule has 0 aliphatic carbocycles. The minimum absolute atomic E-state index is 0.346. The van der Waals surface area contributed by atoms with E-state index in [4.69, 9.17) is 9.47 Å². The van der Waals surface area contributed by atoms with Gasteiger partial charge in [-0.15, -0.1) is 6.58 Å². The summed E-state index contributed by atoms with van der Waals surface area (Å²) < 4.78 is 10.6. The molecule has 0 unspecified atom stereocenters. The van der Waals surface area contributed by atoms with Gasteiger partial charge in [0, 0.05) is 13.2 Å². The first kappa shape index (κ1) is 11.7. The second-order valence-corrected chi connectivity index (χ2v) is 2.99. The lowest BCUT2D eigenvalue weighted by atomic mass is 10.3. The van der Waals surface area contributed by atoms with Crippen molar-refractivity contribution in [3.05, 3.63) is 12.7 Å². The molecule has 0 aromatic rings. The second-order valence-electron chi connectivity index (χ2n) is 2.99. The van der Waals surface area contributed by atoms with Crippen LogP contribution in [-0.4, -0.2) is 25.9 Å². The van der Waals surface area contributed by atoms with Crippen molar-refractivity contribution in [2.75, 3.05) is 19.8 Å². The monoisotopic (exact) mass is 172 g/mol. The SMILES string of the molecule is C=CCOCCCCOC(C)C. The van der Waals surface area contributed by atoms with Crippen molar-refractivity contribution in [3.8, 4) is 0 Å². The highest BCUT2D eigenvalue weighted by molar-refractivity contribution is 4.63. The van der Waals surface area contributed by atoms with E-state index < -0.39 is 0 Å². The standard InChI is InChI=1S/C10H20O2/c1-4-7-11-8-5-6-9-12-10(2)3/h4,10H,1,5-9H2,2-3H3. The van der Waals surface area contributed by atoms with Crippen LogP contribution < -0.4 is 0 Å². The average Bonchev–Trinajstić information content (AvgIpc) is 2.02. The molecule has 72 valence electrons. The van der Waals surface area contributed by atoms with Crippen LogP contribution in [-0.2, 0) is 9.47 Å². The summed E-state index contributed by atoms with van der Waals surface area (Å²) in [5.74, 6) is 0. The fourth-order valence-corrected chi connectivity index (χ4v) is 0.792. The van der Waals surface area contributed by atoms with Gasteiger partial charge >= 0.3 is 0 Å². The van der Waals surface area contributed by atoms with E-state index in [-0.39, 0.29) is 0 Å². The molecule has 0 N–H and O–H groups in total. The maximum atomic E-state index is 5.37. The highest BCUT2D eigenvalue weighted by Gasteiger charge is 1.92. The molecule has 0 saturated carbocycles. The van der Waals surface area contributed by atoms with Gasteiger partial charge in [-0.05, 0) is 26.7 Å². The first-order valence-corrected chi connectivity index (χ1v) is 4.57. The fourth-order valence-electron chi connectivity index (χ4n) is 0.792. The van der Waals surface area contributed by atoms with Crippen LogP contribution in [0.2, 0.25) is 0 Å². The van der Waals surface area contributed by atoms with Crippen LogP contribution in [0.4, 0.5) is 0 Å². The van der Waals surface area contributed by atoms with Gasteiger partial charge in [0.15, 0.2) is 0 Å². The van der Waals surface area contributed by atoms with Crippen LogP contribution in [0.15, 0.2) is 12.7 Å². The maximum absolute atomic E-state index is 5.37. The predicted octanol–water partition coefficient (Wildman–Crippen LogP) is 2.39. The number of rotatable bonds is 8. The van der Waals surface area contributed by atoms with E-state index in [0.29, 0.717) is 12.7 Å². The minimum atomic E-state index is 0.346. The Bertz CT molecular complexity index is 100. The zero-order valence-corrected chi connectivity index (χ0v) is 8.21. The summed E-state index contributed by atoms with van der Waals surface area (Å²) in [5.41, 5.74) is 0. The second kappa shape index (κ2) is 8.75. The molecular weight excluding hydrogens is 152 g/mol. The van der Waals surface area contributed by atoms with Crippen LogP contribution in [0.1, 0.15) is 26.7 Å². The molecule has 0 aliphatic rings. The van der Waals surface area contributed by atoms with E-state index in [1.165, 1.54) is 0 Å². The van der Waals surface area contributed by atoms with E-state index >= 15 is 0 Å². The van der Waals surface area contributed by atoms with Gasteiger partial charge in [-0.25, -0.2) is 0 Å². The smallest absolute Gasteiger partial charge is 0.0644 e. The quantitative estimate of drug-likeness (QED) is 0.413. The van der Waals surface area contributed by atoms with Crippen molar-refractivity contribution in [2.45, 2.75) is 32.8 Å². The molecule has 0 saturated heterocycles. The van der Waals surface area contributed by atoms with Gasteiger partial charge in [-0.1, -0.05) is 6.08 Å². The van der Waals surface area contributed by atoms with Crippen molar-refractivity contribution in [1.29, 1.82) is 0 Å². The van der Waals surface area contributed by atoms with Crippen molar-refractivity contribution >= 4 is 0 Å². The highest BCUT2D eigenvalue weighted by Crippen LogP contribution is 1.94. The Balaban J connectivity index is 2.86. The minimum Gasteiger partial charge on any atom is -0.379 e. The summed E-state index contributed by atoms with van der Waals surface area (Å²) in [6, 6.07) is 0. The third-order valence-electron chi connectivity index (χ3n) is 1.37. The Morgan fingerprint density at radius 1 is 1.25 bits per heavy atom. The molecule has 0 aliphatic heterocycles. The van der Waals surface area contributed by atoms with Gasteiger partial charge in [0.2, 0.25) is 0 Å². The molecule has 0 spiro atoms. The van der Waals surface area contributed by atoms with Crippen LogP contribution in [0, 0.1) is 0 Å². The summed E-state index contributed by atoms with van der Waals surface area (Å²) in [4.78, 5) is 0. The van der Waals surface area contributed by atoms with E-state index in [2.05, 4.69) is 6.58 Å². The van der Waals surface area contributed by atoms with E-state index in [1.807, 2.05) is 13.8 Å². The highest BCUT2D eigenvalue weighted by atomic mass is 16.5. The Hall–Kier alpha value is -0.340. The number of hydrogen-bond donors (Lipinski definition) is 0. The average molecular weight is 172 g/mol. The van der Waals surface area contributed by atoms with E-state index in [0.717, 1.165) is 26.1 Å². The first-order valence-electron chi connectivity index (χ1n) is 4.57. The fraction of sp³-hybridized carbons (Fsp3) is 0.800. The van der Waals surface area contributed by atoms with Crippen molar-refractivity contribution in [2.24, 2.45) is 0 Å². The third kappa shape index (κ3) is 9.66. The molecular formula is C10H20O2. The molecule has 0 heterocycles. The van der Waals surface area contributed by atoms with Crippen molar-refractivity contribution < 1.29 is 9.47 Å². The molecule has 2 nitrogen and oxygen atoms in total. The maximum Gasteiger partial charge on any atom is 0.0644 e. The summed E-state index contributed by atoms with van der Waals surface area (Å²) in [7, 11) is 0. The lowest BCUT2D eigenvalue weighted by molar-refractivity contribution is 0.0690. The molecule has 0 amide bonds. The molecule has 0 bridgehead atoms. The van der Waals surface area contributed by atoms with Gasteiger partial charge in [-0.3, -0.25) is 0 Å². The topological polar surface area (TPSA) is 18.5 Å². The van der Waals surface area contributed by atoms with Gasteiger partial charge in [0.25, 0.3) is 0 Å². The Kier molecular flexibility index (Phi) is 8.51. The third-order valence-corrected chi connectivity index (χ3v) is 1.37. The Labute approximate surface area is 75.6 Å². The summed E-state index contributed by atoms with van der Waals surface area (Å²) >= 11 is 0. The lowest BCUT2D eigenvalue weighted by Crippen LogP contribution is -2.04. The molecule has 2 heteroatoms. The summed E-state index contributed by atoms with van der Waals surface area (Å²) in [5, 5.41) is 0. The number of unbranched alkanes of at least 4 members (excludes halogenated alkanes) is 1. The van der Waals surface area contributed by atoms with Gasteiger partial charge in [0.1, 0.15) is 0 Å². The normalized spacial score (nSPS) is 10.6. The van der Waals surface area contributed by atoms with E-state index in [9.17, 15) is 0 Å². The molecule has 0 rings (SSSR count). The van der Waals surface area contributed by atoms with Crippen LogP contribution >= 0.6 is 0 Å². The zero-order chi connectivity index (χ0) is 9.23. The Morgan fingerprint density at radius 2 is 1.92 bits per heavy atom. The van der Waals surface area contributed by atoms with Gasteiger partial charge in [0.05, 0.1) is 12.7 Å². The predicted molar refractivity (Wildman–Crippen MR) is 51.3 cm³/mol. The molecule has 0 fully saturated rings.